The quantitative estimate of drug-likeness (QED) is 0.795. The van der Waals surface area contributed by atoms with Gasteiger partial charge in [-0.3, -0.25) is 9.59 Å². The van der Waals surface area contributed by atoms with Crippen molar-refractivity contribution in [3.63, 3.8) is 0 Å². The number of nitrogens with zero attached hydrogens (tertiary/aromatic N) is 1. The van der Waals surface area contributed by atoms with Gasteiger partial charge in [-0.2, -0.15) is 0 Å². The molecule has 1 aromatic rings. The van der Waals surface area contributed by atoms with Crippen LogP contribution < -0.4 is 0 Å². The van der Waals surface area contributed by atoms with E-state index in [1.807, 2.05) is 4.90 Å². The summed E-state index contributed by atoms with van der Waals surface area (Å²) in [6.07, 6.45) is 5.51. The Bertz CT molecular complexity index is 572. The van der Waals surface area contributed by atoms with Crippen molar-refractivity contribution >= 4 is 46.2 Å². The van der Waals surface area contributed by atoms with Crippen molar-refractivity contribution < 1.29 is 9.59 Å². The summed E-state index contributed by atoms with van der Waals surface area (Å²) >= 11 is 13.2. The zero-order valence-corrected chi connectivity index (χ0v) is 13.9. The highest BCUT2D eigenvalue weighted by Crippen LogP contribution is 2.36. The number of carbonyl (C=O) groups is 2. The molecule has 114 valence electrons. The van der Waals surface area contributed by atoms with Crippen LogP contribution in [0.5, 0.6) is 0 Å². The van der Waals surface area contributed by atoms with Gasteiger partial charge in [-0.15, -0.1) is 11.3 Å². The van der Waals surface area contributed by atoms with Crippen LogP contribution in [0.15, 0.2) is 6.07 Å². The van der Waals surface area contributed by atoms with Crippen molar-refractivity contribution in [3.05, 3.63) is 20.3 Å². The summed E-state index contributed by atoms with van der Waals surface area (Å²) in [4.78, 5) is 26.7. The summed E-state index contributed by atoms with van der Waals surface area (Å²) in [6.45, 7) is 0.705. The van der Waals surface area contributed by atoms with Gasteiger partial charge in [0.05, 0.1) is 9.90 Å². The predicted molar refractivity (Wildman–Crippen MR) is 85.4 cm³/mol. The van der Waals surface area contributed by atoms with Gasteiger partial charge in [-0.05, 0) is 31.7 Å². The van der Waals surface area contributed by atoms with Crippen molar-refractivity contribution in [2.24, 2.45) is 5.92 Å². The molecule has 2 fully saturated rings. The summed E-state index contributed by atoms with van der Waals surface area (Å²) < 4.78 is 0.957. The van der Waals surface area contributed by atoms with Gasteiger partial charge in [0.1, 0.15) is 10.1 Å². The molecule has 1 aliphatic heterocycles. The van der Waals surface area contributed by atoms with E-state index in [1.165, 1.54) is 11.3 Å². The Morgan fingerprint density at radius 3 is 2.71 bits per heavy atom. The molecular weight excluding hydrogens is 329 g/mol. The summed E-state index contributed by atoms with van der Waals surface area (Å²) in [7, 11) is 0. The number of rotatable bonds is 2. The van der Waals surface area contributed by atoms with E-state index in [-0.39, 0.29) is 17.9 Å². The van der Waals surface area contributed by atoms with Gasteiger partial charge in [-0.1, -0.05) is 29.6 Å². The van der Waals surface area contributed by atoms with Gasteiger partial charge >= 0.3 is 0 Å². The molecule has 2 heterocycles. The summed E-state index contributed by atoms with van der Waals surface area (Å²) in [5.41, 5.74) is 0.474. The third-order valence-electron chi connectivity index (χ3n) is 4.51. The molecule has 1 aromatic heterocycles. The first-order valence-corrected chi connectivity index (χ1v) is 8.93. The minimum atomic E-state index is -0.0796. The molecule has 0 spiro atoms. The molecular formula is C15H17Cl2NO2S. The lowest BCUT2D eigenvalue weighted by Gasteiger charge is -2.33. The van der Waals surface area contributed by atoms with E-state index in [0.717, 1.165) is 32.1 Å². The van der Waals surface area contributed by atoms with Gasteiger partial charge in [0.2, 0.25) is 0 Å². The molecule has 21 heavy (non-hydrogen) atoms. The zero-order valence-electron chi connectivity index (χ0n) is 11.6. The Morgan fingerprint density at radius 1 is 1.24 bits per heavy atom. The first kappa shape index (κ1) is 15.3. The number of thiophene rings is 1. The maximum Gasteiger partial charge on any atom is 0.256 e. The molecule has 1 saturated carbocycles. The third-order valence-corrected chi connectivity index (χ3v) is 6.00. The van der Waals surface area contributed by atoms with E-state index in [0.29, 0.717) is 33.0 Å². The lowest BCUT2D eigenvalue weighted by molar-refractivity contribution is -0.126. The number of Topliss-reactive ketones (excluding diaryl/α,β-unsaturated/α-hetero) is 1. The average Bonchev–Trinajstić information content (AvgIpc) is 3.05. The Kier molecular flexibility index (Phi) is 4.57. The van der Waals surface area contributed by atoms with Crippen LogP contribution in [0.25, 0.3) is 0 Å². The molecule has 2 unspecified atom stereocenters. The van der Waals surface area contributed by atoms with E-state index < -0.39 is 0 Å². The van der Waals surface area contributed by atoms with Crippen molar-refractivity contribution in [3.8, 4) is 0 Å². The predicted octanol–water partition coefficient (Wildman–Crippen LogP) is 4.42. The van der Waals surface area contributed by atoms with Gasteiger partial charge in [-0.25, -0.2) is 0 Å². The van der Waals surface area contributed by atoms with E-state index in [2.05, 4.69) is 0 Å². The molecule has 0 aromatic carbocycles. The number of carbonyl (C=O) groups excluding carboxylic acids is 2. The number of amides is 1. The number of likely N-dealkylation sites (tertiary alicyclic amines) is 1. The molecule has 0 N–H and O–H groups in total. The van der Waals surface area contributed by atoms with Crippen LogP contribution in [0, 0.1) is 5.92 Å². The van der Waals surface area contributed by atoms with Crippen molar-refractivity contribution in [2.45, 2.75) is 44.6 Å². The van der Waals surface area contributed by atoms with Crippen LogP contribution in [0.2, 0.25) is 8.67 Å². The molecule has 6 heteroatoms. The normalized spacial score (nSPS) is 26.4. The van der Waals surface area contributed by atoms with E-state index in [1.54, 1.807) is 6.07 Å². The Morgan fingerprint density at radius 2 is 2.05 bits per heavy atom. The highest BCUT2D eigenvalue weighted by atomic mass is 35.5. The zero-order chi connectivity index (χ0) is 15.0. The van der Waals surface area contributed by atoms with Crippen molar-refractivity contribution in [2.75, 3.05) is 6.54 Å². The lowest BCUT2D eigenvalue weighted by atomic mass is 9.81. The van der Waals surface area contributed by atoms with Crippen LogP contribution in [0.1, 0.15) is 48.9 Å². The Labute approximate surface area is 138 Å². The Balaban J connectivity index is 1.82. The fourth-order valence-corrected chi connectivity index (χ4v) is 4.97. The van der Waals surface area contributed by atoms with Crippen LogP contribution >= 0.6 is 34.5 Å². The number of hydrogen-bond donors (Lipinski definition) is 0. The molecule has 1 aliphatic carbocycles. The van der Waals surface area contributed by atoms with Gasteiger partial charge < -0.3 is 4.90 Å². The maximum atomic E-state index is 12.7. The van der Waals surface area contributed by atoms with Gasteiger partial charge in [0.15, 0.2) is 0 Å². The molecule has 2 aliphatic rings. The van der Waals surface area contributed by atoms with Crippen LogP contribution in [-0.4, -0.2) is 29.2 Å². The molecule has 2 atom stereocenters. The van der Waals surface area contributed by atoms with Crippen LogP contribution in [0.4, 0.5) is 0 Å². The maximum absolute atomic E-state index is 12.7. The second kappa shape index (κ2) is 6.27. The summed E-state index contributed by atoms with van der Waals surface area (Å²) in [5.74, 6) is 0.252. The molecule has 1 saturated heterocycles. The molecule has 1 amide bonds. The fraction of sp³-hybridized carbons (Fsp3) is 0.600. The largest absolute Gasteiger partial charge is 0.335 e. The van der Waals surface area contributed by atoms with Gasteiger partial charge in [0, 0.05) is 24.9 Å². The van der Waals surface area contributed by atoms with Gasteiger partial charge in [0.25, 0.3) is 5.91 Å². The smallest absolute Gasteiger partial charge is 0.256 e. The molecule has 0 bridgehead atoms. The van der Waals surface area contributed by atoms with Crippen LogP contribution in [-0.2, 0) is 4.79 Å². The Hall–Kier alpha value is -0.580. The van der Waals surface area contributed by atoms with Crippen molar-refractivity contribution in [1.29, 1.82) is 0 Å². The van der Waals surface area contributed by atoms with E-state index in [9.17, 15) is 9.59 Å². The van der Waals surface area contributed by atoms with E-state index >= 15 is 0 Å². The highest BCUT2D eigenvalue weighted by Gasteiger charge is 2.39. The molecule has 3 nitrogen and oxygen atoms in total. The second-order valence-electron chi connectivity index (χ2n) is 5.76. The fourth-order valence-electron chi connectivity index (χ4n) is 3.52. The minimum absolute atomic E-state index is 0.0121. The minimum Gasteiger partial charge on any atom is -0.335 e. The number of ketones is 1. The highest BCUT2D eigenvalue weighted by molar-refractivity contribution is 7.20. The second-order valence-corrected chi connectivity index (χ2v) is 8.05. The van der Waals surface area contributed by atoms with Crippen molar-refractivity contribution in [1.82, 2.24) is 4.90 Å². The monoisotopic (exact) mass is 345 g/mol. The molecule has 0 radical (unpaired) electrons. The average molecular weight is 346 g/mol. The lowest BCUT2D eigenvalue weighted by Crippen LogP contribution is -2.43. The third kappa shape index (κ3) is 2.99. The van der Waals surface area contributed by atoms with Crippen LogP contribution in [0.3, 0.4) is 0 Å². The molecule has 3 rings (SSSR count). The topological polar surface area (TPSA) is 37.4 Å². The first-order valence-electron chi connectivity index (χ1n) is 7.36. The standard InChI is InChI=1S/C15H17Cl2NO2S/c16-13-8-10(14(17)21-13)15(20)18-7-3-5-11(18)9-4-1-2-6-12(9)19/h8-9,11H,1-7H2. The number of hydrogen-bond acceptors (Lipinski definition) is 3. The summed E-state index contributed by atoms with van der Waals surface area (Å²) in [6, 6.07) is 1.68. The van der Waals surface area contributed by atoms with E-state index in [4.69, 9.17) is 23.2 Å². The first-order chi connectivity index (χ1) is 10.1. The summed E-state index contributed by atoms with van der Waals surface area (Å²) in [5, 5.41) is 0. The number of halogens is 2. The SMILES string of the molecule is O=C1CCCCC1C1CCCN1C(=O)c1cc(Cl)sc1Cl.